The van der Waals surface area contributed by atoms with Gasteiger partial charge in [-0.25, -0.2) is 4.79 Å². The normalized spacial score (nSPS) is 11.2. The van der Waals surface area contributed by atoms with Crippen LogP contribution in [0.2, 0.25) is 15.1 Å². The third-order valence-electron chi connectivity index (χ3n) is 4.13. The first kappa shape index (κ1) is 17.2. The van der Waals surface area contributed by atoms with Gasteiger partial charge in [0.05, 0.1) is 15.6 Å². The highest BCUT2D eigenvalue weighted by atomic mass is 35.5. The van der Waals surface area contributed by atoms with Crippen LogP contribution in [0.4, 0.5) is 0 Å². The van der Waals surface area contributed by atoms with E-state index in [2.05, 4.69) is 6.07 Å². The first-order chi connectivity index (χ1) is 11.3. The standard InChI is InChI=1S/C18H14Cl3NO2/c1-9-5-15(20)12-7-10(22(2)16(12)6-9)8-13-14(19)4-3-11(17(13)21)18(23)24/h3-7H,8H2,1-2H3,(H,23,24). The molecular formula is C18H14Cl3NO2. The molecular weight excluding hydrogens is 369 g/mol. The summed E-state index contributed by atoms with van der Waals surface area (Å²) >= 11 is 18.9. The van der Waals surface area contributed by atoms with Crippen LogP contribution in [0.15, 0.2) is 30.3 Å². The van der Waals surface area contributed by atoms with E-state index in [1.165, 1.54) is 6.07 Å². The molecule has 0 saturated carbocycles. The van der Waals surface area contributed by atoms with E-state index < -0.39 is 5.97 Å². The molecule has 0 unspecified atom stereocenters. The number of aromatic carboxylic acids is 1. The van der Waals surface area contributed by atoms with E-state index in [-0.39, 0.29) is 10.6 Å². The molecule has 0 aliphatic rings. The highest BCUT2D eigenvalue weighted by Crippen LogP contribution is 2.33. The van der Waals surface area contributed by atoms with Crippen molar-refractivity contribution >= 4 is 51.7 Å². The second kappa shape index (κ2) is 6.32. The number of carboxylic acids is 1. The van der Waals surface area contributed by atoms with E-state index in [9.17, 15) is 9.90 Å². The maximum Gasteiger partial charge on any atom is 0.337 e. The molecule has 0 radical (unpaired) electrons. The van der Waals surface area contributed by atoms with E-state index in [0.29, 0.717) is 22.0 Å². The van der Waals surface area contributed by atoms with E-state index in [1.807, 2.05) is 30.7 Å². The molecule has 1 heterocycles. The van der Waals surface area contributed by atoms with Crippen molar-refractivity contribution in [2.75, 3.05) is 0 Å². The lowest BCUT2D eigenvalue weighted by atomic mass is 10.1. The van der Waals surface area contributed by atoms with Crippen molar-refractivity contribution in [3.8, 4) is 0 Å². The third-order valence-corrected chi connectivity index (χ3v) is 5.23. The van der Waals surface area contributed by atoms with Crippen molar-refractivity contribution < 1.29 is 9.90 Å². The zero-order valence-electron chi connectivity index (χ0n) is 13.0. The van der Waals surface area contributed by atoms with Crippen molar-refractivity contribution in [3.05, 3.63) is 67.8 Å². The molecule has 0 fully saturated rings. The summed E-state index contributed by atoms with van der Waals surface area (Å²) in [6.45, 7) is 1.99. The summed E-state index contributed by atoms with van der Waals surface area (Å²) in [5.74, 6) is -1.08. The SMILES string of the molecule is Cc1cc(Cl)c2cc(Cc3c(Cl)ccc(C(=O)O)c3Cl)n(C)c2c1. The minimum atomic E-state index is -1.08. The molecule has 1 aromatic heterocycles. The molecule has 2 aromatic carbocycles. The molecule has 0 atom stereocenters. The number of carboxylic acid groups (broad SMARTS) is 1. The predicted molar refractivity (Wildman–Crippen MR) is 98.9 cm³/mol. The molecule has 3 aromatic rings. The van der Waals surface area contributed by atoms with Gasteiger partial charge in [0.25, 0.3) is 0 Å². The number of hydrogen-bond acceptors (Lipinski definition) is 1. The minimum Gasteiger partial charge on any atom is -0.478 e. The number of halogens is 3. The molecule has 1 N–H and O–H groups in total. The molecule has 0 bridgehead atoms. The summed E-state index contributed by atoms with van der Waals surface area (Å²) in [5.41, 5.74) is 3.67. The van der Waals surface area contributed by atoms with Crippen LogP contribution in [-0.4, -0.2) is 15.6 Å². The number of hydrogen-bond donors (Lipinski definition) is 1. The lowest BCUT2D eigenvalue weighted by Gasteiger charge is -2.10. The number of aryl methyl sites for hydroxylation is 2. The summed E-state index contributed by atoms with van der Waals surface area (Å²) < 4.78 is 2.02. The highest BCUT2D eigenvalue weighted by Gasteiger charge is 2.18. The van der Waals surface area contributed by atoms with Crippen LogP contribution in [0, 0.1) is 6.92 Å². The van der Waals surface area contributed by atoms with Crippen LogP contribution in [-0.2, 0) is 13.5 Å². The Bertz CT molecular complexity index is 976. The van der Waals surface area contributed by atoms with Crippen LogP contribution in [0.1, 0.15) is 27.2 Å². The number of nitrogens with zero attached hydrogens (tertiary/aromatic N) is 1. The van der Waals surface area contributed by atoms with Crippen molar-refractivity contribution in [1.29, 1.82) is 0 Å². The quantitative estimate of drug-likeness (QED) is 0.628. The lowest BCUT2D eigenvalue weighted by Crippen LogP contribution is -2.03. The topological polar surface area (TPSA) is 42.2 Å². The zero-order valence-corrected chi connectivity index (χ0v) is 15.3. The summed E-state index contributed by atoms with van der Waals surface area (Å²) in [6.07, 6.45) is 0.416. The lowest BCUT2D eigenvalue weighted by molar-refractivity contribution is 0.0697. The molecule has 0 aliphatic carbocycles. The predicted octanol–water partition coefficient (Wildman–Crippen LogP) is 5.74. The first-order valence-electron chi connectivity index (χ1n) is 7.24. The Kier molecular flexibility index (Phi) is 4.52. The van der Waals surface area contributed by atoms with Crippen LogP contribution < -0.4 is 0 Å². The Morgan fingerprint density at radius 2 is 1.83 bits per heavy atom. The third kappa shape index (κ3) is 2.88. The fraction of sp³-hybridized carbons (Fsp3) is 0.167. The Labute approximate surface area is 154 Å². The van der Waals surface area contributed by atoms with Gasteiger partial charge in [-0.1, -0.05) is 34.8 Å². The molecule has 6 heteroatoms. The van der Waals surface area contributed by atoms with Crippen LogP contribution in [0.25, 0.3) is 10.9 Å². The van der Waals surface area contributed by atoms with Gasteiger partial charge in [0.1, 0.15) is 0 Å². The molecule has 124 valence electrons. The number of carbonyl (C=O) groups is 1. The zero-order chi connectivity index (χ0) is 17.6. The van der Waals surface area contributed by atoms with E-state index in [0.717, 1.165) is 22.2 Å². The smallest absolute Gasteiger partial charge is 0.337 e. The second-order valence-electron chi connectivity index (χ2n) is 5.74. The second-order valence-corrected chi connectivity index (χ2v) is 6.94. The number of benzene rings is 2. The first-order valence-corrected chi connectivity index (χ1v) is 8.37. The van der Waals surface area contributed by atoms with Crippen molar-refractivity contribution in [3.63, 3.8) is 0 Å². The van der Waals surface area contributed by atoms with Crippen molar-refractivity contribution in [2.24, 2.45) is 7.05 Å². The van der Waals surface area contributed by atoms with Crippen LogP contribution in [0.3, 0.4) is 0 Å². The number of fused-ring (bicyclic) bond motifs is 1. The Balaban J connectivity index is 2.14. The summed E-state index contributed by atoms with van der Waals surface area (Å²) in [5, 5.41) is 11.5. The van der Waals surface area contributed by atoms with Gasteiger partial charge in [-0.3, -0.25) is 0 Å². The van der Waals surface area contributed by atoms with Gasteiger partial charge >= 0.3 is 5.97 Å². The molecule has 24 heavy (non-hydrogen) atoms. The van der Waals surface area contributed by atoms with Crippen LogP contribution >= 0.6 is 34.8 Å². The van der Waals surface area contributed by atoms with E-state index in [1.54, 1.807) is 6.07 Å². The van der Waals surface area contributed by atoms with E-state index in [4.69, 9.17) is 34.8 Å². The Morgan fingerprint density at radius 3 is 2.50 bits per heavy atom. The average molecular weight is 383 g/mol. The fourth-order valence-corrected chi connectivity index (χ4v) is 3.76. The Morgan fingerprint density at radius 1 is 1.12 bits per heavy atom. The van der Waals surface area contributed by atoms with Gasteiger partial charge in [-0.05, 0) is 48.4 Å². The van der Waals surface area contributed by atoms with Crippen molar-refractivity contribution in [2.45, 2.75) is 13.3 Å². The number of rotatable bonds is 3. The molecule has 3 nitrogen and oxygen atoms in total. The monoisotopic (exact) mass is 381 g/mol. The molecule has 3 rings (SSSR count). The maximum atomic E-state index is 11.3. The Hall–Kier alpha value is -1.68. The number of aromatic nitrogens is 1. The van der Waals surface area contributed by atoms with E-state index >= 15 is 0 Å². The van der Waals surface area contributed by atoms with Gasteiger partial charge < -0.3 is 9.67 Å². The molecule has 0 saturated heterocycles. The fourth-order valence-electron chi connectivity index (χ4n) is 2.85. The highest BCUT2D eigenvalue weighted by molar-refractivity contribution is 6.38. The molecule has 0 amide bonds. The van der Waals surface area contributed by atoms with Crippen molar-refractivity contribution in [1.82, 2.24) is 4.57 Å². The molecule has 0 spiro atoms. The molecule has 0 aliphatic heterocycles. The maximum absolute atomic E-state index is 11.3. The van der Waals surface area contributed by atoms with Gasteiger partial charge in [0.2, 0.25) is 0 Å². The van der Waals surface area contributed by atoms with Gasteiger partial charge in [-0.2, -0.15) is 0 Å². The van der Waals surface area contributed by atoms with Gasteiger partial charge in [0.15, 0.2) is 0 Å². The van der Waals surface area contributed by atoms with Gasteiger partial charge in [-0.15, -0.1) is 0 Å². The summed E-state index contributed by atoms with van der Waals surface area (Å²) in [4.78, 5) is 11.3. The largest absolute Gasteiger partial charge is 0.478 e. The summed E-state index contributed by atoms with van der Waals surface area (Å²) in [7, 11) is 1.94. The minimum absolute atomic E-state index is 0.0451. The summed E-state index contributed by atoms with van der Waals surface area (Å²) in [6, 6.07) is 8.93. The van der Waals surface area contributed by atoms with Gasteiger partial charge in [0, 0.05) is 35.1 Å². The average Bonchev–Trinajstić information content (AvgIpc) is 2.80. The van der Waals surface area contributed by atoms with Crippen LogP contribution in [0.5, 0.6) is 0 Å².